The van der Waals surface area contributed by atoms with Gasteiger partial charge in [0.2, 0.25) is 11.8 Å². The molecule has 0 aromatic heterocycles. The number of hydrogen-bond donors (Lipinski definition) is 0. The maximum absolute atomic E-state index is 13.0. The average molecular weight is 407 g/mol. The molecule has 0 spiro atoms. The maximum Gasteiger partial charge on any atom is 0.237 e. The first-order valence-electron chi connectivity index (χ1n) is 10.3. The van der Waals surface area contributed by atoms with Crippen LogP contribution in [-0.4, -0.2) is 31.3 Å². The Kier molecular flexibility index (Phi) is 5.57. The number of imide groups is 1. The SMILES string of the molecule is COc1cccc(C(=O)COc2ccccc2N2C(=O)[C@H]3C[C@H](C)CC[C@H]3C2=O)c1. The highest BCUT2D eigenvalue weighted by molar-refractivity contribution is 6.22. The van der Waals surface area contributed by atoms with E-state index in [2.05, 4.69) is 6.92 Å². The van der Waals surface area contributed by atoms with E-state index in [1.54, 1.807) is 55.6 Å². The summed E-state index contributed by atoms with van der Waals surface area (Å²) >= 11 is 0. The summed E-state index contributed by atoms with van der Waals surface area (Å²) < 4.78 is 10.9. The van der Waals surface area contributed by atoms with Crippen molar-refractivity contribution in [3.63, 3.8) is 0 Å². The highest BCUT2D eigenvalue weighted by Gasteiger charge is 2.50. The van der Waals surface area contributed by atoms with E-state index in [0.717, 1.165) is 19.3 Å². The molecule has 156 valence electrons. The molecule has 6 nitrogen and oxygen atoms in total. The molecule has 0 N–H and O–H groups in total. The Morgan fingerprint density at radius 2 is 1.80 bits per heavy atom. The summed E-state index contributed by atoms with van der Waals surface area (Å²) in [5.41, 5.74) is 0.883. The van der Waals surface area contributed by atoms with E-state index in [4.69, 9.17) is 9.47 Å². The monoisotopic (exact) mass is 407 g/mol. The van der Waals surface area contributed by atoms with Crippen molar-refractivity contribution in [1.82, 2.24) is 0 Å². The van der Waals surface area contributed by atoms with Gasteiger partial charge in [-0.25, -0.2) is 4.90 Å². The number of para-hydroxylation sites is 2. The van der Waals surface area contributed by atoms with Gasteiger partial charge in [0.15, 0.2) is 12.4 Å². The van der Waals surface area contributed by atoms with Crippen LogP contribution in [0.2, 0.25) is 0 Å². The van der Waals surface area contributed by atoms with Gasteiger partial charge in [0.1, 0.15) is 11.5 Å². The number of anilines is 1. The van der Waals surface area contributed by atoms with E-state index in [-0.39, 0.29) is 36.0 Å². The second-order valence-electron chi connectivity index (χ2n) is 8.05. The lowest BCUT2D eigenvalue weighted by molar-refractivity contribution is -0.122. The molecule has 1 heterocycles. The van der Waals surface area contributed by atoms with E-state index in [1.807, 2.05) is 0 Å². The maximum atomic E-state index is 13.0. The molecule has 1 aliphatic carbocycles. The summed E-state index contributed by atoms with van der Waals surface area (Å²) in [6, 6.07) is 13.7. The first-order valence-corrected chi connectivity index (χ1v) is 10.3. The van der Waals surface area contributed by atoms with Crippen molar-refractivity contribution in [3.8, 4) is 11.5 Å². The third kappa shape index (κ3) is 3.70. The van der Waals surface area contributed by atoms with Crippen LogP contribution in [0.1, 0.15) is 36.5 Å². The lowest BCUT2D eigenvalue weighted by atomic mass is 9.76. The quantitative estimate of drug-likeness (QED) is 0.537. The fourth-order valence-corrected chi connectivity index (χ4v) is 4.41. The molecule has 1 aliphatic heterocycles. The normalized spacial score (nSPS) is 23.3. The number of Topliss-reactive ketones (excluding diaryl/α,β-unsaturated/α-hetero) is 1. The van der Waals surface area contributed by atoms with Crippen LogP contribution >= 0.6 is 0 Å². The smallest absolute Gasteiger partial charge is 0.237 e. The molecule has 1 saturated carbocycles. The van der Waals surface area contributed by atoms with Crippen molar-refractivity contribution in [2.45, 2.75) is 26.2 Å². The Morgan fingerprint density at radius 1 is 1.03 bits per heavy atom. The molecule has 1 saturated heterocycles. The Balaban J connectivity index is 1.54. The predicted molar refractivity (Wildman–Crippen MR) is 112 cm³/mol. The van der Waals surface area contributed by atoms with Crippen molar-refractivity contribution < 1.29 is 23.9 Å². The number of ether oxygens (including phenoxy) is 2. The molecule has 2 aromatic rings. The minimum atomic E-state index is -0.257. The number of methoxy groups -OCH3 is 1. The van der Waals surface area contributed by atoms with Gasteiger partial charge in [-0.3, -0.25) is 14.4 Å². The van der Waals surface area contributed by atoms with Gasteiger partial charge < -0.3 is 9.47 Å². The van der Waals surface area contributed by atoms with E-state index < -0.39 is 0 Å². The molecule has 0 bridgehead atoms. The fraction of sp³-hybridized carbons (Fsp3) is 0.375. The molecular formula is C24H25NO5. The second kappa shape index (κ2) is 8.30. The number of nitrogens with zero attached hydrogens (tertiary/aromatic N) is 1. The van der Waals surface area contributed by atoms with Crippen LogP contribution in [0.15, 0.2) is 48.5 Å². The van der Waals surface area contributed by atoms with Crippen LogP contribution < -0.4 is 14.4 Å². The van der Waals surface area contributed by atoms with Crippen molar-refractivity contribution in [2.24, 2.45) is 17.8 Å². The van der Waals surface area contributed by atoms with Gasteiger partial charge in [-0.1, -0.05) is 31.2 Å². The van der Waals surface area contributed by atoms with E-state index in [1.165, 1.54) is 4.90 Å². The topological polar surface area (TPSA) is 72.9 Å². The Labute approximate surface area is 175 Å². The van der Waals surface area contributed by atoms with Crippen LogP contribution in [-0.2, 0) is 9.59 Å². The largest absolute Gasteiger partial charge is 0.497 e. The van der Waals surface area contributed by atoms with Gasteiger partial charge in [0.05, 0.1) is 24.6 Å². The van der Waals surface area contributed by atoms with Crippen LogP contribution in [0, 0.1) is 17.8 Å². The Bertz CT molecular complexity index is 985. The fourth-order valence-electron chi connectivity index (χ4n) is 4.41. The zero-order valence-electron chi connectivity index (χ0n) is 17.2. The van der Waals surface area contributed by atoms with Crippen molar-refractivity contribution in [3.05, 3.63) is 54.1 Å². The summed E-state index contributed by atoms with van der Waals surface area (Å²) in [5.74, 6) is 0.334. The summed E-state index contributed by atoms with van der Waals surface area (Å²) in [6.45, 7) is 1.92. The first kappa shape index (κ1) is 20.1. The van der Waals surface area contributed by atoms with E-state index in [9.17, 15) is 14.4 Å². The molecule has 2 aromatic carbocycles. The Hall–Kier alpha value is -3.15. The number of ketones is 1. The lowest BCUT2D eigenvalue weighted by Crippen LogP contribution is -2.31. The molecule has 2 amide bonds. The molecule has 0 unspecified atom stereocenters. The number of fused-ring (bicyclic) bond motifs is 1. The lowest BCUT2D eigenvalue weighted by Gasteiger charge is -2.25. The van der Waals surface area contributed by atoms with Gasteiger partial charge in [0.25, 0.3) is 0 Å². The summed E-state index contributed by atoms with van der Waals surface area (Å²) in [6.07, 6.45) is 2.44. The van der Waals surface area contributed by atoms with Gasteiger partial charge in [-0.2, -0.15) is 0 Å². The standard InChI is InChI=1S/C24H25NO5/c1-15-10-11-18-19(12-15)24(28)25(23(18)27)20-8-3-4-9-22(20)30-14-21(26)16-6-5-7-17(13-16)29-2/h3-9,13,15,18-19H,10-12,14H2,1-2H3/t15-,18-,19+/m1/s1. The van der Waals surface area contributed by atoms with Crippen molar-refractivity contribution in [1.29, 1.82) is 0 Å². The highest BCUT2D eigenvalue weighted by atomic mass is 16.5. The number of amides is 2. The van der Waals surface area contributed by atoms with Gasteiger partial charge >= 0.3 is 0 Å². The number of hydrogen-bond acceptors (Lipinski definition) is 5. The molecule has 30 heavy (non-hydrogen) atoms. The van der Waals surface area contributed by atoms with Gasteiger partial charge in [-0.05, 0) is 49.4 Å². The third-order valence-electron chi connectivity index (χ3n) is 6.04. The molecule has 2 fully saturated rings. The minimum absolute atomic E-state index is 0.160. The average Bonchev–Trinajstić information content (AvgIpc) is 3.01. The zero-order chi connectivity index (χ0) is 21.3. The molecule has 3 atom stereocenters. The second-order valence-corrected chi connectivity index (χ2v) is 8.05. The summed E-state index contributed by atoms with van der Waals surface area (Å²) in [7, 11) is 1.54. The molecule has 0 radical (unpaired) electrons. The number of carbonyl (C=O) groups excluding carboxylic acids is 3. The number of rotatable bonds is 6. The minimum Gasteiger partial charge on any atom is -0.497 e. The van der Waals surface area contributed by atoms with Crippen LogP contribution in [0.3, 0.4) is 0 Å². The first-order chi connectivity index (χ1) is 14.5. The number of carbonyl (C=O) groups is 3. The van der Waals surface area contributed by atoms with E-state index in [0.29, 0.717) is 28.7 Å². The van der Waals surface area contributed by atoms with E-state index >= 15 is 0 Å². The van der Waals surface area contributed by atoms with Crippen molar-refractivity contribution >= 4 is 23.3 Å². The third-order valence-corrected chi connectivity index (χ3v) is 6.04. The Morgan fingerprint density at radius 3 is 2.60 bits per heavy atom. The number of benzene rings is 2. The highest BCUT2D eigenvalue weighted by Crippen LogP contribution is 2.44. The molecular weight excluding hydrogens is 382 g/mol. The zero-order valence-corrected chi connectivity index (χ0v) is 17.2. The van der Waals surface area contributed by atoms with Gasteiger partial charge in [0, 0.05) is 5.56 Å². The molecule has 2 aliphatic rings. The van der Waals surface area contributed by atoms with Crippen LogP contribution in [0.4, 0.5) is 5.69 Å². The molecule has 6 heteroatoms. The van der Waals surface area contributed by atoms with Gasteiger partial charge in [-0.15, -0.1) is 0 Å². The predicted octanol–water partition coefficient (Wildman–Crippen LogP) is 3.88. The van der Waals surface area contributed by atoms with Crippen molar-refractivity contribution in [2.75, 3.05) is 18.6 Å². The van der Waals surface area contributed by atoms with Crippen LogP contribution in [0.5, 0.6) is 11.5 Å². The summed E-state index contributed by atoms with van der Waals surface area (Å²) in [4.78, 5) is 39.9. The summed E-state index contributed by atoms with van der Waals surface area (Å²) in [5, 5.41) is 0. The molecule has 4 rings (SSSR count). The van der Waals surface area contributed by atoms with Crippen LogP contribution in [0.25, 0.3) is 0 Å².